The molecule has 2 saturated heterocycles. The van der Waals surface area contributed by atoms with Crippen molar-refractivity contribution in [2.75, 3.05) is 46.9 Å². The molecule has 2 atom stereocenters. The maximum atomic E-state index is 13.2. The minimum atomic E-state index is -3.52. The van der Waals surface area contributed by atoms with E-state index in [2.05, 4.69) is 10.00 Å². The quantitative estimate of drug-likeness (QED) is 0.784. The van der Waals surface area contributed by atoms with E-state index in [9.17, 15) is 8.42 Å². The minimum Gasteiger partial charge on any atom is -0.380 e. The van der Waals surface area contributed by atoms with Crippen molar-refractivity contribution in [3.63, 3.8) is 0 Å². The first-order valence-corrected chi connectivity index (χ1v) is 9.34. The summed E-state index contributed by atoms with van der Waals surface area (Å²) < 4.78 is 35.3. The van der Waals surface area contributed by atoms with Gasteiger partial charge in [-0.15, -0.1) is 0 Å². The Labute approximate surface area is 138 Å². The Morgan fingerprint density at radius 3 is 2.65 bits per heavy atom. The van der Waals surface area contributed by atoms with Gasteiger partial charge in [0.05, 0.1) is 24.6 Å². The smallest absolute Gasteiger partial charge is 0.246 e. The van der Waals surface area contributed by atoms with Gasteiger partial charge in [-0.3, -0.25) is 4.68 Å². The first-order chi connectivity index (χ1) is 10.7. The van der Waals surface area contributed by atoms with E-state index in [-0.39, 0.29) is 11.3 Å². The molecule has 8 heteroatoms. The predicted molar refractivity (Wildman–Crippen MR) is 86.7 cm³/mol. The van der Waals surface area contributed by atoms with Crippen LogP contribution in [0.4, 0.5) is 0 Å². The largest absolute Gasteiger partial charge is 0.380 e. The van der Waals surface area contributed by atoms with Gasteiger partial charge in [0, 0.05) is 38.0 Å². The number of aryl methyl sites for hydroxylation is 2. The summed E-state index contributed by atoms with van der Waals surface area (Å²) in [6.07, 6.45) is 0. The van der Waals surface area contributed by atoms with E-state index >= 15 is 0 Å². The van der Waals surface area contributed by atoms with Crippen LogP contribution in [-0.2, 0) is 21.8 Å². The summed E-state index contributed by atoms with van der Waals surface area (Å²) >= 11 is 0. The van der Waals surface area contributed by atoms with Gasteiger partial charge in [-0.25, -0.2) is 8.42 Å². The van der Waals surface area contributed by atoms with E-state index in [4.69, 9.17) is 4.74 Å². The lowest BCUT2D eigenvalue weighted by atomic mass is 9.81. The van der Waals surface area contributed by atoms with Crippen molar-refractivity contribution in [1.82, 2.24) is 19.0 Å². The Morgan fingerprint density at radius 1 is 1.39 bits per heavy atom. The molecule has 3 heterocycles. The van der Waals surface area contributed by atoms with Gasteiger partial charge in [0.25, 0.3) is 0 Å². The zero-order chi connectivity index (χ0) is 17.0. The number of ether oxygens (including phenoxy) is 1. The van der Waals surface area contributed by atoms with Gasteiger partial charge in [0.15, 0.2) is 0 Å². The molecule has 23 heavy (non-hydrogen) atoms. The highest BCUT2D eigenvalue weighted by atomic mass is 32.2. The van der Waals surface area contributed by atoms with Crippen LogP contribution in [0.15, 0.2) is 4.90 Å². The molecule has 0 unspecified atom stereocenters. The van der Waals surface area contributed by atoms with Crippen LogP contribution in [-0.4, -0.2) is 74.3 Å². The second kappa shape index (κ2) is 5.54. The first-order valence-electron chi connectivity index (χ1n) is 7.90. The number of rotatable bonds is 4. The lowest BCUT2D eigenvalue weighted by molar-refractivity contribution is 0.124. The average molecular weight is 342 g/mol. The Hall–Kier alpha value is -0.960. The highest BCUT2D eigenvalue weighted by Crippen LogP contribution is 2.43. The van der Waals surface area contributed by atoms with Gasteiger partial charge in [-0.05, 0) is 27.9 Å². The number of hydrogen-bond acceptors (Lipinski definition) is 5. The highest BCUT2D eigenvalue weighted by Gasteiger charge is 2.54. The fourth-order valence-electron chi connectivity index (χ4n) is 4.08. The third kappa shape index (κ3) is 2.61. The number of hydrogen-bond donors (Lipinski definition) is 0. The average Bonchev–Trinajstić information content (AvgIpc) is 3.00. The molecule has 3 rings (SSSR count). The van der Waals surface area contributed by atoms with Crippen molar-refractivity contribution in [1.29, 1.82) is 0 Å². The summed E-state index contributed by atoms with van der Waals surface area (Å²) in [7, 11) is 2.31. The Balaban J connectivity index is 1.94. The summed E-state index contributed by atoms with van der Waals surface area (Å²) in [6.45, 7) is 6.74. The number of fused-ring (bicyclic) bond motifs is 1. The summed E-state index contributed by atoms with van der Waals surface area (Å²) in [5.74, 6) is 0.261. The Morgan fingerprint density at radius 2 is 2.09 bits per heavy atom. The van der Waals surface area contributed by atoms with Gasteiger partial charge in [0.2, 0.25) is 10.0 Å². The zero-order valence-electron chi connectivity index (χ0n) is 14.5. The predicted octanol–water partition coefficient (Wildman–Crippen LogP) is 0.236. The van der Waals surface area contributed by atoms with Crippen molar-refractivity contribution in [2.24, 2.45) is 18.4 Å². The monoisotopic (exact) mass is 342 g/mol. The summed E-state index contributed by atoms with van der Waals surface area (Å²) in [5.41, 5.74) is 1.16. The molecule has 0 aliphatic carbocycles. The van der Waals surface area contributed by atoms with Gasteiger partial charge in [-0.1, -0.05) is 0 Å². The maximum absolute atomic E-state index is 13.2. The van der Waals surface area contributed by atoms with Gasteiger partial charge in [0.1, 0.15) is 4.90 Å². The molecule has 0 bridgehead atoms. The second-order valence-electron chi connectivity index (χ2n) is 7.23. The van der Waals surface area contributed by atoms with Gasteiger partial charge in [-0.2, -0.15) is 9.40 Å². The molecule has 2 aliphatic rings. The van der Waals surface area contributed by atoms with Crippen molar-refractivity contribution < 1.29 is 13.2 Å². The van der Waals surface area contributed by atoms with Crippen LogP contribution in [0, 0.1) is 25.2 Å². The fourth-order valence-corrected chi connectivity index (χ4v) is 6.06. The zero-order valence-corrected chi connectivity index (χ0v) is 15.4. The molecule has 0 radical (unpaired) electrons. The molecule has 0 saturated carbocycles. The SMILES string of the molecule is Cc1nn(C)c(C)c1S(=O)(=O)N1C[C@H]2COC[C@@]2(CN(C)C)C1. The van der Waals surface area contributed by atoms with Crippen molar-refractivity contribution in [3.8, 4) is 0 Å². The van der Waals surface area contributed by atoms with E-state index in [0.717, 1.165) is 6.54 Å². The maximum Gasteiger partial charge on any atom is 0.246 e. The molecule has 2 fully saturated rings. The molecule has 130 valence electrons. The molecule has 1 aromatic heterocycles. The van der Waals surface area contributed by atoms with E-state index in [1.165, 1.54) is 0 Å². The van der Waals surface area contributed by atoms with E-state index in [1.54, 1.807) is 23.0 Å². The molecule has 1 aromatic rings. The topological polar surface area (TPSA) is 67.7 Å². The number of sulfonamides is 1. The Kier molecular flexibility index (Phi) is 4.07. The van der Waals surface area contributed by atoms with Crippen molar-refractivity contribution >= 4 is 10.0 Å². The van der Waals surface area contributed by atoms with Crippen LogP contribution in [0.2, 0.25) is 0 Å². The van der Waals surface area contributed by atoms with Crippen molar-refractivity contribution in [2.45, 2.75) is 18.7 Å². The molecule has 0 N–H and O–H groups in total. The first kappa shape index (κ1) is 16.9. The summed E-state index contributed by atoms with van der Waals surface area (Å²) in [4.78, 5) is 2.49. The van der Waals surface area contributed by atoms with Crippen LogP contribution >= 0.6 is 0 Å². The third-order valence-electron chi connectivity index (χ3n) is 5.16. The fraction of sp³-hybridized carbons (Fsp3) is 0.800. The lowest BCUT2D eigenvalue weighted by Gasteiger charge is -2.30. The van der Waals surface area contributed by atoms with E-state index in [0.29, 0.717) is 42.6 Å². The standard InChI is InChI=1S/C15H26N4O3S/c1-11-14(12(2)18(5)16-11)23(20,21)19-6-13-7-22-10-15(13,9-19)8-17(3)4/h13H,6-10H2,1-5H3/t13-,15+/m0/s1. The minimum absolute atomic E-state index is 0.0966. The van der Waals surface area contributed by atoms with Crippen LogP contribution < -0.4 is 0 Å². The van der Waals surface area contributed by atoms with Crippen LogP contribution in [0.1, 0.15) is 11.4 Å². The van der Waals surface area contributed by atoms with Crippen molar-refractivity contribution in [3.05, 3.63) is 11.4 Å². The van der Waals surface area contributed by atoms with Gasteiger partial charge >= 0.3 is 0 Å². The number of nitrogens with zero attached hydrogens (tertiary/aromatic N) is 4. The third-order valence-corrected chi connectivity index (χ3v) is 7.23. The van der Waals surface area contributed by atoms with E-state index in [1.807, 2.05) is 21.0 Å². The number of aromatic nitrogens is 2. The second-order valence-corrected chi connectivity index (χ2v) is 9.11. The molecule has 0 amide bonds. The molecular weight excluding hydrogens is 316 g/mol. The molecule has 0 spiro atoms. The summed E-state index contributed by atoms with van der Waals surface area (Å²) in [5, 5.41) is 4.26. The normalized spacial score (nSPS) is 28.7. The molecule has 2 aliphatic heterocycles. The lowest BCUT2D eigenvalue weighted by Crippen LogP contribution is -2.41. The van der Waals surface area contributed by atoms with Crippen LogP contribution in [0.3, 0.4) is 0 Å². The molecular formula is C15H26N4O3S. The summed E-state index contributed by atoms with van der Waals surface area (Å²) in [6, 6.07) is 0. The van der Waals surface area contributed by atoms with Crippen LogP contribution in [0.5, 0.6) is 0 Å². The molecule has 0 aromatic carbocycles. The Bertz CT molecular complexity index is 713. The van der Waals surface area contributed by atoms with E-state index < -0.39 is 10.0 Å². The molecule has 7 nitrogen and oxygen atoms in total. The highest BCUT2D eigenvalue weighted by molar-refractivity contribution is 7.89. The van der Waals surface area contributed by atoms with Gasteiger partial charge < -0.3 is 9.64 Å². The van der Waals surface area contributed by atoms with Crippen LogP contribution in [0.25, 0.3) is 0 Å².